The zero-order valence-electron chi connectivity index (χ0n) is 9.74. The zero-order chi connectivity index (χ0) is 12.4. The number of hydrogen-bond acceptors (Lipinski definition) is 3. The fourth-order valence-electron chi connectivity index (χ4n) is 2.25. The molecular weight excluding hydrogens is 222 g/mol. The van der Waals surface area contributed by atoms with Crippen molar-refractivity contribution in [1.82, 2.24) is 0 Å². The van der Waals surface area contributed by atoms with Crippen LogP contribution in [0.15, 0.2) is 64.8 Å². The lowest BCUT2D eigenvalue weighted by Crippen LogP contribution is -2.21. The second-order valence-electron chi connectivity index (χ2n) is 4.35. The van der Waals surface area contributed by atoms with Crippen molar-refractivity contribution in [1.29, 1.82) is 5.26 Å². The highest BCUT2D eigenvalue weighted by Gasteiger charge is 2.38. The Labute approximate surface area is 105 Å². The van der Waals surface area contributed by atoms with E-state index in [2.05, 4.69) is 16.3 Å². The minimum atomic E-state index is -0.863. The van der Waals surface area contributed by atoms with Crippen LogP contribution < -0.4 is 0 Å². The van der Waals surface area contributed by atoms with Gasteiger partial charge in [0.1, 0.15) is 6.07 Å². The van der Waals surface area contributed by atoms with Crippen LogP contribution in [0, 0.1) is 11.3 Å². The Morgan fingerprint density at radius 1 is 1.00 bits per heavy atom. The molecule has 0 N–H and O–H groups in total. The lowest BCUT2D eigenvalue weighted by atomic mass is 9.86. The van der Waals surface area contributed by atoms with E-state index in [0.29, 0.717) is 6.42 Å². The lowest BCUT2D eigenvalue weighted by molar-refractivity contribution is 0.573. The highest BCUT2D eigenvalue weighted by atomic mass is 15.2. The summed E-state index contributed by atoms with van der Waals surface area (Å²) in [5.74, 6) is 0. The quantitative estimate of drug-likeness (QED) is 0.779. The van der Waals surface area contributed by atoms with E-state index in [4.69, 9.17) is 0 Å². The molecule has 0 amide bonds. The van der Waals surface area contributed by atoms with E-state index >= 15 is 0 Å². The number of benzene rings is 2. The number of nitrogens with zero attached hydrogens (tertiary/aromatic N) is 3. The minimum absolute atomic E-state index is 0.560. The summed E-state index contributed by atoms with van der Waals surface area (Å²) in [6.07, 6.45) is 0.560. The molecule has 0 saturated heterocycles. The maximum Gasteiger partial charge on any atom is 0.198 e. The molecule has 2 aromatic carbocycles. The molecule has 0 spiro atoms. The van der Waals surface area contributed by atoms with Crippen LogP contribution in [0.3, 0.4) is 0 Å². The summed E-state index contributed by atoms with van der Waals surface area (Å²) >= 11 is 0. The van der Waals surface area contributed by atoms with Crippen molar-refractivity contribution in [2.75, 3.05) is 0 Å². The minimum Gasteiger partial charge on any atom is -0.195 e. The molecule has 3 rings (SSSR count). The molecule has 86 valence electrons. The van der Waals surface area contributed by atoms with E-state index < -0.39 is 5.54 Å². The van der Waals surface area contributed by atoms with E-state index in [0.717, 1.165) is 16.8 Å². The molecule has 0 bridgehead atoms. The van der Waals surface area contributed by atoms with Gasteiger partial charge in [-0.3, -0.25) is 0 Å². The van der Waals surface area contributed by atoms with Crippen molar-refractivity contribution in [3.8, 4) is 6.07 Å². The molecule has 0 saturated carbocycles. The number of hydrogen-bond donors (Lipinski definition) is 0. The maximum absolute atomic E-state index is 9.52. The van der Waals surface area contributed by atoms with Crippen LogP contribution in [0.2, 0.25) is 0 Å². The van der Waals surface area contributed by atoms with Gasteiger partial charge in [-0.1, -0.05) is 48.5 Å². The van der Waals surface area contributed by atoms with E-state index in [-0.39, 0.29) is 0 Å². The average molecular weight is 233 g/mol. The van der Waals surface area contributed by atoms with Gasteiger partial charge >= 0.3 is 0 Å². The Hall–Kier alpha value is -2.47. The van der Waals surface area contributed by atoms with Gasteiger partial charge in [0, 0.05) is 12.0 Å². The summed E-state index contributed by atoms with van der Waals surface area (Å²) in [6, 6.07) is 19.9. The molecule has 3 heteroatoms. The average Bonchev–Trinajstić information content (AvgIpc) is 2.80. The fourth-order valence-corrected chi connectivity index (χ4v) is 2.25. The first-order valence-electron chi connectivity index (χ1n) is 5.82. The van der Waals surface area contributed by atoms with Gasteiger partial charge < -0.3 is 0 Å². The summed E-state index contributed by atoms with van der Waals surface area (Å²) in [7, 11) is 0. The highest BCUT2D eigenvalue weighted by Crippen LogP contribution is 2.42. The molecule has 0 aliphatic carbocycles. The summed E-state index contributed by atoms with van der Waals surface area (Å²) < 4.78 is 0. The molecule has 0 unspecified atom stereocenters. The van der Waals surface area contributed by atoms with Gasteiger partial charge in [0.15, 0.2) is 5.54 Å². The lowest BCUT2D eigenvalue weighted by Gasteiger charge is -2.17. The van der Waals surface area contributed by atoms with Gasteiger partial charge in [-0.2, -0.15) is 15.5 Å². The topological polar surface area (TPSA) is 48.5 Å². The van der Waals surface area contributed by atoms with Crippen molar-refractivity contribution >= 4 is 5.69 Å². The zero-order valence-corrected chi connectivity index (χ0v) is 9.74. The fraction of sp³-hybridized carbons (Fsp3) is 0.133. The molecule has 1 aliphatic rings. The Kier molecular flexibility index (Phi) is 2.42. The van der Waals surface area contributed by atoms with Crippen LogP contribution in [0.5, 0.6) is 0 Å². The second-order valence-corrected chi connectivity index (χ2v) is 4.35. The van der Waals surface area contributed by atoms with Gasteiger partial charge in [0.2, 0.25) is 0 Å². The van der Waals surface area contributed by atoms with E-state index in [1.54, 1.807) is 0 Å². The number of fused-ring (bicyclic) bond motifs is 1. The molecule has 1 heterocycles. The van der Waals surface area contributed by atoms with Gasteiger partial charge in [-0.25, -0.2) is 0 Å². The van der Waals surface area contributed by atoms with Crippen molar-refractivity contribution in [3.05, 3.63) is 65.7 Å². The van der Waals surface area contributed by atoms with Crippen LogP contribution >= 0.6 is 0 Å². The SMILES string of the molecule is N#C[C@@]1(Cc2ccccc2)N=Nc2ccccc21. The third kappa shape index (κ3) is 1.59. The number of rotatable bonds is 2. The van der Waals surface area contributed by atoms with Crippen molar-refractivity contribution in [2.24, 2.45) is 10.2 Å². The molecular formula is C15H11N3. The molecule has 1 aliphatic heterocycles. The summed E-state index contributed by atoms with van der Waals surface area (Å²) in [6.45, 7) is 0. The first-order chi connectivity index (χ1) is 8.84. The van der Waals surface area contributed by atoms with Gasteiger partial charge in [-0.05, 0) is 11.6 Å². The molecule has 2 aromatic rings. The molecule has 0 fully saturated rings. The van der Waals surface area contributed by atoms with Gasteiger partial charge in [-0.15, -0.1) is 0 Å². The number of nitriles is 1. The Balaban J connectivity index is 2.04. The predicted molar refractivity (Wildman–Crippen MR) is 68.4 cm³/mol. The highest BCUT2D eigenvalue weighted by molar-refractivity contribution is 5.55. The van der Waals surface area contributed by atoms with E-state index in [1.165, 1.54) is 0 Å². The van der Waals surface area contributed by atoms with Crippen LogP contribution in [0.25, 0.3) is 0 Å². The Morgan fingerprint density at radius 2 is 1.72 bits per heavy atom. The summed E-state index contributed by atoms with van der Waals surface area (Å²) in [5, 5.41) is 17.9. The largest absolute Gasteiger partial charge is 0.198 e. The summed E-state index contributed by atoms with van der Waals surface area (Å²) in [4.78, 5) is 0. The van der Waals surface area contributed by atoms with Crippen molar-refractivity contribution in [2.45, 2.75) is 12.0 Å². The maximum atomic E-state index is 9.52. The second kappa shape index (κ2) is 4.08. The third-order valence-electron chi connectivity index (χ3n) is 3.17. The van der Waals surface area contributed by atoms with Gasteiger partial charge in [0.05, 0.1) is 5.69 Å². The molecule has 1 atom stereocenters. The molecule has 18 heavy (non-hydrogen) atoms. The van der Waals surface area contributed by atoms with Crippen LogP contribution in [-0.2, 0) is 12.0 Å². The Morgan fingerprint density at radius 3 is 2.50 bits per heavy atom. The van der Waals surface area contributed by atoms with E-state index in [1.807, 2.05) is 54.6 Å². The first kappa shape index (κ1) is 10.7. The molecule has 0 radical (unpaired) electrons. The van der Waals surface area contributed by atoms with Gasteiger partial charge in [0.25, 0.3) is 0 Å². The number of azo groups is 1. The third-order valence-corrected chi connectivity index (χ3v) is 3.17. The molecule has 0 aromatic heterocycles. The van der Waals surface area contributed by atoms with Crippen LogP contribution in [0.4, 0.5) is 5.69 Å². The molecule has 3 nitrogen and oxygen atoms in total. The monoisotopic (exact) mass is 233 g/mol. The standard InChI is InChI=1S/C15H11N3/c16-11-15(10-12-6-2-1-3-7-12)13-8-4-5-9-14(13)17-18-15/h1-9H,10H2/t15-/m1/s1. The Bertz CT molecular complexity index is 640. The van der Waals surface area contributed by atoms with E-state index in [9.17, 15) is 5.26 Å². The van der Waals surface area contributed by atoms with Crippen molar-refractivity contribution < 1.29 is 0 Å². The first-order valence-corrected chi connectivity index (χ1v) is 5.82. The normalized spacial score (nSPS) is 20.4. The van der Waals surface area contributed by atoms with Crippen LogP contribution in [0.1, 0.15) is 11.1 Å². The van der Waals surface area contributed by atoms with Crippen LogP contribution in [-0.4, -0.2) is 0 Å². The predicted octanol–water partition coefficient (Wildman–Crippen LogP) is 3.75. The van der Waals surface area contributed by atoms with Crippen molar-refractivity contribution in [3.63, 3.8) is 0 Å². The smallest absolute Gasteiger partial charge is 0.195 e. The summed E-state index contributed by atoms with van der Waals surface area (Å²) in [5.41, 5.74) is 1.93.